The van der Waals surface area contributed by atoms with Gasteiger partial charge in [0.15, 0.2) is 0 Å². The highest BCUT2D eigenvalue weighted by molar-refractivity contribution is 5.93. The van der Waals surface area contributed by atoms with Gasteiger partial charge >= 0.3 is 0 Å². The van der Waals surface area contributed by atoms with Crippen LogP contribution in [-0.2, 0) is 0 Å². The van der Waals surface area contributed by atoms with Gasteiger partial charge in [-0.2, -0.15) is 0 Å². The Morgan fingerprint density at radius 2 is 2.29 bits per heavy atom. The van der Waals surface area contributed by atoms with Crippen molar-refractivity contribution in [2.45, 2.75) is 39.7 Å². The third-order valence-electron chi connectivity index (χ3n) is 3.95. The summed E-state index contributed by atoms with van der Waals surface area (Å²) in [5, 5.41) is 2.92. The molecule has 1 aromatic rings. The van der Waals surface area contributed by atoms with Crippen molar-refractivity contribution >= 4 is 5.91 Å². The lowest BCUT2D eigenvalue weighted by molar-refractivity contribution is 0.0918. The van der Waals surface area contributed by atoms with E-state index in [4.69, 9.17) is 0 Å². The summed E-state index contributed by atoms with van der Waals surface area (Å²) >= 11 is 0. The smallest absolute Gasteiger partial charge is 0.260 e. The number of aryl methyl sites for hydroxylation is 1. The van der Waals surface area contributed by atoms with Crippen LogP contribution in [0.25, 0.3) is 0 Å². The van der Waals surface area contributed by atoms with Gasteiger partial charge < -0.3 is 15.2 Å². The number of rotatable bonds is 4. The molecule has 1 aliphatic heterocycles. The van der Waals surface area contributed by atoms with Crippen LogP contribution in [0.3, 0.4) is 0 Å². The predicted octanol–water partition coefficient (Wildman–Crippen LogP) is 1.53. The molecule has 0 radical (unpaired) electrons. The molecule has 2 rings (SSSR count). The largest absolute Gasteiger partial charge is 0.348 e. The van der Waals surface area contributed by atoms with Crippen LogP contribution in [0.4, 0.5) is 0 Å². The Morgan fingerprint density at radius 1 is 1.52 bits per heavy atom. The summed E-state index contributed by atoms with van der Waals surface area (Å²) in [5.74, 6) is 0.426. The maximum Gasteiger partial charge on any atom is 0.260 e. The number of pyridine rings is 1. The molecule has 0 spiro atoms. The second-order valence-electron chi connectivity index (χ2n) is 6.27. The summed E-state index contributed by atoms with van der Waals surface area (Å²) in [6.07, 6.45) is 2.51. The van der Waals surface area contributed by atoms with E-state index in [-0.39, 0.29) is 23.1 Å². The number of H-pyrrole nitrogens is 1. The summed E-state index contributed by atoms with van der Waals surface area (Å²) in [6.45, 7) is 9.06. The zero-order valence-electron chi connectivity index (χ0n) is 13.1. The van der Waals surface area contributed by atoms with Gasteiger partial charge in [0, 0.05) is 24.8 Å². The van der Waals surface area contributed by atoms with Crippen LogP contribution < -0.4 is 10.9 Å². The van der Waals surface area contributed by atoms with E-state index < -0.39 is 0 Å². The number of carbonyl (C=O) groups is 1. The van der Waals surface area contributed by atoms with Crippen molar-refractivity contribution < 1.29 is 4.79 Å². The molecule has 0 unspecified atom stereocenters. The van der Waals surface area contributed by atoms with E-state index in [1.165, 1.54) is 12.8 Å². The Kier molecular flexibility index (Phi) is 5.17. The Hall–Kier alpha value is -1.62. The molecule has 5 heteroatoms. The van der Waals surface area contributed by atoms with Crippen molar-refractivity contribution in [2.75, 3.05) is 19.6 Å². The first kappa shape index (κ1) is 15.8. The highest BCUT2D eigenvalue weighted by Crippen LogP contribution is 2.15. The molecule has 21 heavy (non-hydrogen) atoms. The number of nitrogens with one attached hydrogen (secondary N) is 2. The monoisotopic (exact) mass is 291 g/mol. The number of hydrogen-bond donors (Lipinski definition) is 2. The molecule has 1 saturated heterocycles. The van der Waals surface area contributed by atoms with Gasteiger partial charge in [-0.3, -0.25) is 9.59 Å². The Morgan fingerprint density at radius 3 is 2.95 bits per heavy atom. The third kappa shape index (κ3) is 4.43. The number of aromatic nitrogens is 1. The second kappa shape index (κ2) is 6.89. The van der Waals surface area contributed by atoms with Crippen LogP contribution in [-0.4, -0.2) is 41.5 Å². The Labute approximate surface area is 125 Å². The highest BCUT2D eigenvalue weighted by Gasteiger charge is 2.19. The van der Waals surface area contributed by atoms with E-state index in [0.29, 0.717) is 0 Å². The molecule has 2 N–H and O–H groups in total. The number of likely N-dealkylation sites (tertiary alicyclic amines) is 1. The first-order valence-electron chi connectivity index (χ1n) is 7.69. The van der Waals surface area contributed by atoms with Gasteiger partial charge in [-0.25, -0.2) is 0 Å². The third-order valence-corrected chi connectivity index (χ3v) is 3.95. The van der Waals surface area contributed by atoms with Crippen molar-refractivity contribution in [2.24, 2.45) is 5.92 Å². The van der Waals surface area contributed by atoms with E-state index in [0.717, 1.165) is 31.2 Å². The lowest BCUT2D eigenvalue weighted by Gasteiger charge is -2.32. The Balaban J connectivity index is 1.91. The van der Waals surface area contributed by atoms with Crippen LogP contribution in [0, 0.1) is 12.8 Å². The summed E-state index contributed by atoms with van der Waals surface area (Å²) < 4.78 is 0. The van der Waals surface area contributed by atoms with E-state index in [1.54, 1.807) is 19.1 Å². The maximum absolute atomic E-state index is 12.1. The molecule has 2 heterocycles. The van der Waals surface area contributed by atoms with Crippen molar-refractivity contribution in [1.82, 2.24) is 15.2 Å². The van der Waals surface area contributed by atoms with Gasteiger partial charge in [0.25, 0.3) is 11.5 Å². The molecule has 0 saturated carbocycles. The molecule has 1 amide bonds. The van der Waals surface area contributed by atoms with Crippen LogP contribution >= 0.6 is 0 Å². The Bertz CT molecular complexity index is 553. The summed E-state index contributed by atoms with van der Waals surface area (Å²) in [6, 6.07) is 3.36. The summed E-state index contributed by atoms with van der Waals surface area (Å²) in [5.41, 5.74) is 0.609. The lowest BCUT2D eigenvalue weighted by atomic mass is 10.00. The molecule has 1 fully saturated rings. The average molecular weight is 291 g/mol. The van der Waals surface area contributed by atoms with Crippen LogP contribution in [0.2, 0.25) is 0 Å². The summed E-state index contributed by atoms with van der Waals surface area (Å²) in [7, 11) is 0. The molecular weight excluding hydrogens is 266 g/mol. The quantitative estimate of drug-likeness (QED) is 0.884. The van der Waals surface area contributed by atoms with Crippen LogP contribution in [0.1, 0.15) is 42.7 Å². The normalized spacial score (nSPS) is 21.0. The zero-order chi connectivity index (χ0) is 15.4. The number of aromatic amines is 1. The van der Waals surface area contributed by atoms with E-state index in [2.05, 4.69) is 22.1 Å². The van der Waals surface area contributed by atoms with Crippen molar-refractivity contribution in [3.63, 3.8) is 0 Å². The number of piperidine rings is 1. The molecule has 5 nitrogen and oxygen atoms in total. The van der Waals surface area contributed by atoms with Crippen molar-refractivity contribution in [3.8, 4) is 0 Å². The first-order valence-corrected chi connectivity index (χ1v) is 7.69. The molecule has 116 valence electrons. The first-order chi connectivity index (χ1) is 9.95. The molecule has 1 aromatic heterocycles. The molecular formula is C16H25N3O2. The highest BCUT2D eigenvalue weighted by atomic mass is 16.2. The van der Waals surface area contributed by atoms with Crippen LogP contribution in [0.5, 0.6) is 0 Å². The van der Waals surface area contributed by atoms with E-state index in [1.807, 2.05) is 6.92 Å². The zero-order valence-corrected chi connectivity index (χ0v) is 13.1. The molecule has 1 aliphatic rings. The van der Waals surface area contributed by atoms with E-state index in [9.17, 15) is 9.59 Å². The number of hydrogen-bond acceptors (Lipinski definition) is 3. The molecule has 0 aliphatic carbocycles. The van der Waals surface area contributed by atoms with Gasteiger partial charge in [0.05, 0.1) is 0 Å². The second-order valence-corrected chi connectivity index (χ2v) is 6.27. The lowest BCUT2D eigenvalue weighted by Crippen LogP contribution is -2.45. The molecule has 0 bridgehead atoms. The molecule has 2 atom stereocenters. The van der Waals surface area contributed by atoms with Gasteiger partial charge in [-0.1, -0.05) is 6.92 Å². The minimum absolute atomic E-state index is 0.0310. The fourth-order valence-electron chi connectivity index (χ4n) is 2.94. The molecule has 0 aromatic carbocycles. The van der Waals surface area contributed by atoms with Gasteiger partial charge in [0.1, 0.15) is 5.56 Å². The van der Waals surface area contributed by atoms with Gasteiger partial charge in [0.2, 0.25) is 0 Å². The fourth-order valence-corrected chi connectivity index (χ4v) is 2.94. The minimum Gasteiger partial charge on any atom is -0.348 e. The van der Waals surface area contributed by atoms with Crippen molar-refractivity contribution in [1.29, 1.82) is 0 Å². The summed E-state index contributed by atoms with van der Waals surface area (Å²) in [4.78, 5) is 29.0. The van der Waals surface area contributed by atoms with E-state index >= 15 is 0 Å². The topological polar surface area (TPSA) is 65.2 Å². The van der Waals surface area contributed by atoms with Crippen LogP contribution in [0.15, 0.2) is 16.9 Å². The number of nitrogens with zero attached hydrogens (tertiary/aromatic N) is 1. The number of carbonyl (C=O) groups excluding carboxylic acids is 1. The van der Waals surface area contributed by atoms with Crippen molar-refractivity contribution in [3.05, 3.63) is 33.7 Å². The maximum atomic E-state index is 12.1. The SMILES string of the molecule is Cc1ccc(C(=O)N[C@@H](C)CN2CCC[C@H](C)C2)c(=O)[nH]1. The standard InChI is InChI=1S/C16H25N3O2/c1-11-5-4-8-19(9-11)10-13(3)18-16(21)14-7-6-12(2)17-15(14)20/h6-7,11,13H,4-5,8-10H2,1-3H3,(H,17,20)(H,18,21)/t11-,13-/m0/s1. The van der Waals surface area contributed by atoms with Gasteiger partial charge in [-0.05, 0) is 51.3 Å². The number of amides is 1. The van der Waals surface area contributed by atoms with Gasteiger partial charge in [-0.15, -0.1) is 0 Å². The fraction of sp³-hybridized carbons (Fsp3) is 0.625. The predicted molar refractivity (Wildman–Crippen MR) is 83.6 cm³/mol. The average Bonchev–Trinajstić information content (AvgIpc) is 2.38. The minimum atomic E-state index is -0.328.